The van der Waals surface area contributed by atoms with Gasteiger partial charge in [0.2, 0.25) is 5.91 Å². The lowest BCUT2D eigenvalue weighted by atomic mass is 9.97. The van der Waals surface area contributed by atoms with Crippen molar-refractivity contribution in [2.24, 2.45) is 11.7 Å². The van der Waals surface area contributed by atoms with Gasteiger partial charge in [-0.25, -0.2) is 4.98 Å². The van der Waals surface area contributed by atoms with Crippen molar-refractivity contribution in [3.8, 4) is 0 Å². The Morgan fingerprint density at radius 1 is 1.59 bits per heavy atom. The summed E-state index contributed by atoms with van der Waals surface area (Å²) in [7, 11) is 0. The van der Waals surface area contributed by atoms with E-state index in [-0.39, 0.29) is 11.8 Å². The third-order valence-corrected chi connectivity index (χ3v) is 3.28. The minimum Gasteiger partial charge on any atom is -0.397 e. The van der Waals surface area contributed by atoms with Crippen molar-refractivity contribution in [3.05, 3.63) is 17.8 Å². The van der Waals surface area contributed by atoms with E-state index >= 15 is 0 Å². The average molecular weight is 234 g/mol. The maximum atomic E-state index is 11.2. The lowest BCUT2D eigenvalue weighted by Gasteiger charge is -2.32. The predicted molar refractivity (Wildman–Crippen MR) is 67.5 cm³/mol. The van der Waals surface area contributed by atoms with Crippen LogP contribution in [0.1, 0.15) is 18.4 Å². The smallest absolute Gasteiger partial charge is 0.222 e. The van der Waals surface area contributed by atoms with E-state index in [1.165, 1.54) is 0 Å². The lowest BCUT2D eigenvalue weighted by molar-refractivity contribution is -0.122. The summed E-state index contributed by atoms with van der Waals surface area (Å²) in [5, 5.41) is 0. The number of nitrogens with zero attached hydrogens (tertiary/aromatic N) is 2. The Morgan fingerprint density at radius 3 is 3.00 bits per heavy atom. The molecule has 0 bridgehead atoms. The molecule has 1 atom stereocenters. The predicted octanol–water partition coefficient (Wildman–Crippen LogP) is 0.674. The van der Waals surface area contributed by atoms with Crippen LogP contribution in [0.15, 0.2) is 12.3 Å². The molecule has 0 aromatic carbocycles. The Hall–Kier alpha value is -1.78. The molecule has 5 heteroatoms. The van der Waals surface area contributed by atoms with E-state index in [1.807, 2.05) is 13.0 Å². The van der Waals surface area contributed by atoms with Crippen LogP contribution >= 0.6 is 0 Å². The maximum absolute atomic E-state index is 11.2. The number of anilines is 2. The second-order valence-electron chi connectivity index (χ2n) is 4.59. The monoisotopic (exact) mass is 234 g/mol. The van der Waals surface area contributed by atoms with Crippen molar-refractivity contribution in [1.29, 1.82) is 0 Å². The van der Waals surface area contributed by atoms with Crippen molar-refractivity contribution in [2.75, 3.05) is 23.7 Å². The summed E-state index contributed by atoms with van der Waals surface area (Å²) >= 11 is 0. The summed E-state index contributed by atoms with van der Waals surface area (Å²) < 4.78 is 0. The van der Waals surface area contributed by atoms with Crippen LogP contribution in [0.5, 0.6) is 0 Å². The lowest BCUT2D eigenvalue weighted by Crippen LogP contribution is -2.41. The first kappa shape index (κ1) is 11.7. The van der Waals surface area contributed by atoms with Gasteiger partial charge in [0.1, 0.15) is 5.82 Å². The Morgan fingerprint density at radius 2 is 2.35 bits per heavy atom. The molecule has 5 nitrogen and oxygen atoms in total. The van der Waals surface area contributed by atoms with Gasteiger partial charge in [0.15, 0.2) is 0 Å². The van der Waals surface area contributed by atoms with Crippen LogP contribution in [-0.2, 0) is 4.79 Å². The van der Waals surface area contributed by atoms with E-state index in [1.54, 1.807) is 6.20 Å². The molecule has 0 saturated carbocycles. The number of nitrogens with two attached hydrogens (primary N) is 2. The molecule has 1 unspecified atom stereocenters. The molecule has 0 radical (unpaired) electrons. The standard InChI is InChI=1S/C12H18N4O/c1-8-5-11(15-6-10(8)13)16-4-2-3-9(7-16)12(14)17/h5-6,9H,2-4,7,13H2,1H3,(H2,14,17). The Balaban J connectivity index is 2.16. The minimum atomic E-state index is -0.220. The van der Waals surface area contributed by atoms with Crippen LogP contribution < -0.4 is 16.4 Å². The number of piperidine rings is 1. The van der Waals surface area contributed by atoms with E-state index in [0.29, 0.717) is 12.2 Å². The fraction of sp³-hybridized carbons (Fsp3) is 0.500. The molecular formula is C12H18N4O. The number of carbonyl (C=O) groups is 1. The van der Waals surface area contributed by atoms with Gasteiger partial charge in [-0.3, -0.25) is 4.79 Å². The quantitative estimate of drug-likeness (QED) is 0.787. The number of hydrogen-bond donors (Lipinski definition) is 2. The van der Waals surface area contributed by atoms with Crippen LogP contribution in [0.4, 0.5) is 11.5 Å². The Bertz CT molecular complexity index is 433. The Kier molecular flexibility index (Phi) is 3.17. The van der Waals surface area contributed by atoms with Crippen LogP contribution in [0.25, 0.3) is 0 Å². The van der Waals surface area contributed by atoms with E-state index in [0.717, 1.165) is 30.8 Å². The molecule has 0 spiro atoms. The second kappa shape index (κ2) is 4.61. The highest BCUT2D eigenvalue weighted by Crippen LogP contribution is 2.23. The van der Waals surface area contributed by atoms with Crippen LogP contribution in [-0.4, -0.2) is 24.0 Å². The molecule has 1 saturated heterocycles. The largest absolute Gasteiger partial charge is 0.397 e. The molecule has 0 aliphatic carbocycles. The highest BCUT2D eigenvalue weighted by molar-refractivity contribution is 5.77. The summed E-state index contributed by atoms with van der Waals surface area (Å²) in [5.41, 5.74) is 12.8. The summed E-state index contributed by atoms with van der Waals surface area (Å²) in [6, 6.07) is 1.96. The topological polar surface area (TPSA) is 85.2 Å². The van der Waals surface area contributed by atoms with Crippen molar-refractivity contribution in [3.63, 3.8) is 0 Å². The van der Waals surface area contributed by atoms with Crippen molar-refractivity contribution >= 4 is 17.4 Å². The zero-order chi connectivity index (χ0) is 12.4. The zero-order valence-corrected chi connectivity index (χ0v) is 10.0. The highest BCUT2D eigenvalue weighted by Gasteiger charge is 2.24. The Labute approximate surface area is 101 Å². The summed E-state index contributed by atoms with van der Waals surface area (Å²) in [5.74, 6) is 0.591. The number of aryl methyl sites for hydroxylation is 1. The molecule has 1 fully saturated rings. The molecule has 17 heavy (non-hydrogen) atoms. The van der Waals surface area contributed by atoms with E-state index in [2.05, 4.69) is 9.88 Å². The molecule has 1 aliphatic heterocycles. The van der Waals surface area contributed by atoms with E-state index in [4.69, 9.17) is 11.5 Å². The average Bonchev–Trinajstić information content (AvgIpc) is 2.33. The maximum Gasteiger partial charge on any atom is 0.222 e. The highest BCUT2D eigenvalue weighted by atomic mass is 16.1. The summed E-state index contributed by atoms with van der Waals surface area (Å²) in [4.78, 5) is 17.6. The molecule has 4 N–H and O–H groups in total. The van der Waals surface area contributed by atoms with Crippen molar-refractivity contribution < 1.29 is 4.79 Å². The molecule has 92 valence electrons. The number of amides is 1. The molecule has 2 rings (SSSR count). The van der Waals surface area contributed by atoms with Gasteiger partial charge in [0, 0.05) is 13.1 Å². The third-order valence-electron chi connectivity index (χ3n) is 3.28. The summed E-state index contributed by atoms with van der Waals surface area (Å²) in [6.07, 6.45) is 3.51. The molecule has 1 aromatic heterocycles. The van der Waals surface area contributed by atoms with Crippen molar-refractivity contribution in [2.45, 2.75) is 19.8 Å². The van der Waals surface area contributed by atoms with Gasteiger partial charge in [-0.15, -0.1) is 0 Å². The van der Waals surface area contributed by atoms with Crippen LogP contribution in [0.2, 0.25) is 0 Å². The first-order valence-corrected chi connectivity index (χ1v) is 5.84. The van der Waals surface area contributed by atoms with Crippen LogP contribution in [0.3, 0.4) is 0 Å². The van der Waals surface area contributed by atoms with Gasteiger partial charge < -0.3 is 16.4 Å². The van der Waals surface area contributed by atoms with Crippen LogP contribution in [0, 0.1) is 12.8 Å². The minimum absolute atomic E-state index is 0.0663. The molecule has 1 aromatic rings. The molecule has 1 amide bonds. The third kappa shape index (κ3) is 2.49. The van der Waals surface area contributed by atoms with Gasteiger partial charge in [-0.2, -0.15) is 0 Å². The van der Waals surface area contributed by atoms with Gasteiger partial charge in [-0.05, 0) is 31.4 Å². The number of hydrogen-bond acceptors (Lipinski definition) is 4. The number of carbonyl (C=O) groups excluding carboxylic acids is 1. The zero-order valence-electron chi connectivity index (χ0n) is 10.0. The second-order valence-corrected chi connectivity index (χ2v) is 4.59. The number of rotatable bonds is 2. The van der Waals surface area contributed by atoms with Gasteiger partial charge >= 0.3 is 0 Å². The normalized spacial score (nSPS) is 20.3. The first-order valence-electron chi connectivity index (χ1n) is 5.84. The molecule has 1 aliphatic rings. The number of aromatic nitrogens is 1. The van der Waals surface area contributed by atoms with Gasteiger partial charge in [-0.1, -0.05) is 0 Å². The molecular weight excluding hydrogens is 216 g/mol. The van der Waals surface area contributed by atoms with E-state index in [9.17, 15) is 4.79 Å². The van der Waals surface area contributed by atoms with E-state index < -0.39 is 0 Å². The summed E-state index contributed by atoms with van der Waals surface area (Å²) in [6.45, 7) is 3.53. The SMILES string of the molecule is Cc1cc(N2CCCC(C(N)=O)C2)ncc1N. The fourth-order valence-corrected chi connectivity index (χ4v) is 2.14. The van der Waals surface area contributed by atoms with Gasteiger partial charge in [0.05, 0.1) is 17.8 Å². The van der Waals surface area contributed by atoms with Crippen molar-refractivity contribution in [1.82, 2.24) is 4.98 Å². The number of pyridine rings is 1. The fourth-order valence-electron chi connectivity index (χ4n) is 2.14. The number of primary amides is 1. The van der Waals surface area contributed by atoms with Gasteiger partial charge in [0.25, 0.3) is 0 Å². The number of nitrogen functional groups attached to an aromatic ring is 1. The first-order chi connectivity index (χ1) is 8.08. The molecule has 2 heterocycles.